The zero-order valence-corrected chi connectivity index (χ0v) is 24.2. The van der Waals surface area contributed by atoms with E-state index >= 15 is 0 Å². The lowest BCUT2D eigenvalue weighted by Gasteiger charge is -2.12. The van der Waals surface area contributed by atoms with Crippen LogP contribution in [-0.4, -0.2) is 38.9 Å². The SMILES string of the molecule is CCn1c(CNC(=O)COc2ccc(C(C)C)cc2)nnc1SCC(=O)Nc1c(C)cc(I)cc1C. The standard InChI is InChI=1S/C26H32IN5O3S/c1-6-32-22(13-28-23(33)14-35-21-9-7-19(8-10-21)16(2)3)30-31-26(32)36-15-24(34)29-25-17(4)11-20(27)12-18(25)5/h7-12,16H,6,13-15H2,1-5H3,(H,28,33)(H,29,34). The van der Waals surface area contributed by atoms with E-state index in [1.54, 1.807) is 0 Å². The molecule has 0 atom stereocenters. The van der Waals surface area contributed by atoms with Gasteiger partial charge in [0.15, 0.2) is 17.6 Å². The van der Waals surface area contributed by atoms with Crippen molar-refractivity contribution in [2.45, 2.75) is 58.8 Å². The number of benzene rings is 2. The van der Waals surface area contributed by atoms with Gasteiger partial charge in [-0.3, -0.25) is 9.59 Å². The number of aromatic nitrogens is 3. The van der Waals surface area contributed by atoms with Crippen molar-refractivity contribution < 1.29 is 14.3 Å². The first kappa shape index (κ1) is 28.0. The van der Waals surface area contributed by atoms with E-state index in [9.17, 15) is 9.59 Å². The van der Waals surface area contributed by atoms with E-state index < -0.39 is 0 Å². The Labute approximate surface area is 230 Å². The number of nitrogens with zero attached hydrogens (tertiary/aromatic N) is 3. The number of carbonyl (C=O) groups is 2. The number of amides is 2. The highest BCUT2D eigenvalue weighted by molar-refractivity contribution is 14.1. The highest BCUT2D eigenvalue weighted by Gasteiger charge is 2.15. The molecule has 0 aliphatic rings. The summed E-state index contributed by atoms with van der Waals surface area (Å²) in [6, 6.07) is 11.8. The molecular weight excluding hydrogens is 589 g/mol. The van der Waals surface area contributed by atoms with Gasteiger partial charge in [-0.1, -0.05) is 37.7 Å². The van der Waals surface area contributed by atoms with E-state index in [1.165, 1.54) is 17.3 Å². The third kappa shape index (κ3) is 7.70. The third-order valence-electron chi connectivity index (χ3n) is 5.56. The number of carbonyl (C=O) groups excluding carboxylic acids is 2. The zero-order chi connectivity index (χ0) is 26.2. The third-order valence-corrected chi connectivity index (χ3v) is 7.15. The summed E-state index contributed by atoms with van der Waals surface area (Å²) in [5.41, 5.74) is 4.13. The minimum absolute atomic E-state index is 0.0829. The number of hydrogen-bond acceptors (Lipinski definition) is 6. The molecule has 2 amide bonds. The lowest BCUT2D eigenvalue weighted by Crippen LogP contribution is -2.29. The van der Waals surface area contributed by atoms with Gasteiger partial charge in [0.25, 0.3) is 5.91 Å². The normalized spacial score (nSPS) is 11.0. The van der Waals surface area contributed by atoms with Crippen molar-refractivity contribution in [1.29, 1.82) is 0 Å². The van der Waals surface area contributed by atoms with Crippen molar-refractivity contribution in [2.24, 2.45) is 0 Å². The fraction of sp³-hybridized carbons (Fsp3) is 0.385. The van der Waals surface area contributed by atoms with Gasteiger partial charge in [0.2, 0.25) is 5.91 Å². The number of rotatable bonds is 11. The number of nitrogens with one attached hydrogen (secondary N) is 2. The maximum atomic E-state index is 12.6. The van der Waals surface area contributed by atoms with E-state index in [0.29, 0.717) is 29.2 Å². The van der Waals surface area contributed by atoms with Crippen LogP contribution >= 0.6 is 34.4 Å². The summed E-state index contributed by atoms with van der Waals surface area (Å²) < 4.78 is 8.62. The molecule has 0 saturated carbocycles. The van der Waals surface area contributed by atoms with Crippen LogP contribution in [0.15, 0.2) is 41.6 Å². The van der Waals surface area contributed by atoms with E-state index in [1.807, 2.05) is 61.7 Å². The molecule has 0 bridgehead atoms. The molecule has 2 N–H and O–H groups in total. The van der Waals surface area contributed by atoms with Crippen molar-refractivity contribution >= 4 is 51.9 Å². The summed E-state index contributed by atoms with van der Waals surface area (Å²) in [6.07, 6.45) is 0. The maximum absolute atomic E-state index is 12.6. The predicted molar refractivity (Wildman–Crippen MR) is 152 cm³/mol. The lowest BCUT2D eigenvalue weighted by molar-refractivity contribution is -0.123. The average Bonchev–Trinajstić information content (AvgIpc) is 3.24. The van der Waals surface area contributed by atoms with E-state index in [2.05, 4.69) is 57.3 Å². The average molecular weight is 622 g/mol. The topological polar surface area (TPSA) is 98.1 Å². The Balaban J connectivity index is 1.49. The quantitative estimate of drug-likeness (QED) is 0.229. The van der Waals surface area contributed by atoms with Crippen molar-refractivity contribution in [1.82, 2.24) is 20.1 Å². The molecule has 3 rings (SSSR count). The van der Waals surface area contributed by atoms with Crippen LogP contribution in [-0.2, 0) is 22.7 Å². The van der Waals surface area contributed by atoms with E-state index in [4.69, 9.17) is 4.74 Å². The molecule has 2 aromatic carbocycles. The molecular formula is C26H32IN5O3S. The monoisotopic (exact) mass is 621 g/mol. The molecule has 36 heavy (non-hydrogen) atoms. The van der Waals surface area contributed by atoms with Crippen LogP contribution in [0, 0.1) is 17.4 Å². The molecule has 0 saturated heterocycles. The largest absolute Gasteiger partial charge is 0.484 e. The van der Waals surface area contributed by atoms with Crippen LogP contribution in [0.4, 0.5) is 5.69 Å². The zero-order valence-electron chi connectivity index (χ0n) is 21.2. The second kappa shape index (κ2) is 13.1. The van der Waals surface area contributed by atoms with Crippen molar-refractivity contribution in [3.05, 3.63) is 62.5 Å². The molecule has 0 aliphatic carbocycles. The van der Waals surface area contributed by atoms with Gasteiger partial charge in [0.1, 0.15) is 5.75 Å². The van der Waals surface area contributed by atoms with Crippen LogP contribution < -0.4 is 15.4 Å². The van der Waals surface area contributed by atoms with E-state index in [0.717, 1.165) is 20.4 Å². The van der Waals surface area contributed by atoms with Gasteiger partial charge in [-0.25, -0.2) is 0 Å². The summed E-state index contributed by atoms with van der Waals surface area (Å²) in [6.45, 7) is 11.0. The molecule has 1 aromatic heterocycles. The molecule has 192 valence electrons. The maximum Gasteiger partial charge on any atom is 0.258 e. The Morgan fingerprint density at radius 2 is 1.75 bits per heavy atom. The molecule has 0 unspecified atom stereocenters. The second-order valence-electron chi connectivity index (χ2n) is 8.68. The van der Waals surface area contributed by atoms with Gasteiger partial charge in [-0.15, -0.1) is 10.2 Å². The molecule has 0 fully saturated rings. The Hall–Kier alpha value is -2.60. The minimum Gasteiger partial charge on any atom is -0.484 e. The van der Waals surface area contributed by atoms with Crippen LogP contribution in [0.5, 0.6) is 5.75 Å². The number of halogens is 1. The molecule has 3 aromatic rings. The number of hydrogen-bond donors (Lipinski definition) is 2. The van der Waals surface area contributed by atoms with Crippen LogP contribution in [0.25, 0.3) is 0 Å². The fourth-order valence-corrected chi connectivity index (χ4v) is 5.37. The van der Waals surface area contributed by atoms with Gasteiger partial charge in [0.05, 0.1) is 12.3 Å². The summed E-state index contributed by atoms with van der Waals surface area (Å²) >= 11 is 3.59. The number of anilines is 1. The first-order chi connectivity index (χ1) is 17.2. The summed E-state index contributed by atoms with van der Waals surface area (Å²) in [5, 5.41) is 14.9. The second-order valence-corrected chi connectivity index (χ2v) is 10.9. The molecule has 1 heterocycles. The summed E-state index contributed by atoms with van der Waals surface area (Å²) in [4.78, 5) is 24.9. The molecule has 0 spiro atoms. The first-order valence-corrected chi connectivity index (χ1v) is 13.8. The number of thioether (sulfide) groups is 1. The molecule has 0 radical (unpaired) electrons. The lowest BCUT2D eigenvalue weighted by atomic mass is 10.0. The highest BCUT2D eigenvalue weighted by Crippen LogP contribution is 2.24. The Kier molecular flexibility index (Phi) is 10.2. The van der Waals surface area contributed by atoms with Crippen LogP contribution in [0.1, 0.15) is 49.2 Å². The summed E-state index contributed by atoms with van der Waals surface area (Å²) in [5.74, 6) is 1.57. The van der Waals surface area contributed by atoms with Gasteiger partial charge >= 0.3 is 0 Å². The fourth-order valence-electron chi connectivity index (χ4n) is 3.61. The Bertz CT molecular complexity index is 1190. The summed E-state index contributed by atoms with van der Waals surface area (Å²) in [7, 11) is 0. The molecule has 8 nitrogen and oxygen atoms in total. The van der Waals surface area contributed by atoms with Crippen molar-refractivity contribution in [3.8, 4) is 5.75 Å². The predicted octanol–water partition coefficient (Wildman–Crippen LogP) is 5.07. The van der Waals surface area contributed by atoms with Crippen LogP contribution in [0.2, 0.25) is 0 Å². The van der Waals surface area contributed by atoms with Crippen LogP contribution in [0.3, 0.4) is 0 Å². The van der Waals surface area contributed by atoms with Gasteiger partial charge in [-0.05, 0) is 90.2 Å². The van der Waals surface area contributed by atoms with Gasteiger partial charge in [0, 0.05) is 15.8 Å². The molecule has 0 aliphatic heterocycles. The number of ether oxygens (including phenoxy) is 1. The smallest absolute Gasteiger partial charge is 0.258 e. The highest BCUT2D eigenvalue weighted by atomic mass is 127. The Morgan fingerprint density at radius 3 is 2.36 bits per heavy atom. The van der Waals surface area contributed by atoms with Gasteiger partial charge < -0.3 is 19.9 Å². The van der Waals surface area contributed by atoms with E-state index in [-0.39, 0.29) is 30.7 Å². The molecule has 10 heteroatoms. The Morgan fingerprint density at radius 1 is 1.08 bits per heavy atom. The minimum atomic E-state index is -0.245. The number of aryl methyl sites for hydroxylation is 2. The van der Waals surface area contributed by atoms with Crippen molar-refractivity contribution in [3.63, 3.8) is 0 Å². The van der Waals surface area contributed by atoms with Gasteiger partial charge in [-0.2, -0.15) is 0 Å². The van der Waals surface area contributed by atoms with Crippen molar-refractivity contribution in [2.75, 3.05) is 17.7 Å². The first-order valence-electron chi connectivity index (χ1n) is 11.8.